The van der Waals surface area contributed by atoms with Crippen LogP contribution in [0.25, 0.3) is 0 Å². The Kier molecular flexibility index (Phi) is 7.41. The maximum atomic E-state index is 13.1. The van der Waals surface area contributed by atoms with E-state index in [0.29, 0.717) is 17.7 Å². The number of likely N-dealkylation sites (tertiary alicyclic amines) is 1. The van der Waals surface area contributed by atoms with Crippen molar-refractivity contribution in [2.45, 2.75) is 39.8 Å². The molecule has 6 nitrogen and oxygen atoms in total. The van der Waals surface area contributed by atoms with E-state index < -0.39 is 0 Å². The van der Waals surface area contributed by atoms with E-state index in [4.69, 9.17) is 9.47 Å². The van der Waals surface area contributed by atoms with Gasteiger partial charge in [0.1, 0.15) is 32.7 Å². The summed E-state index contributed by atoms with van der Waals surface area (Å²) in [7, 11) is 3.34. The van der Waals surface area contributed by atoms with Gasteiger partial charge in [0.25, 0.3) is 5.91 Å². The number of rotatable bonds is 6. The van der Waals surface area contributed by atoms with Crippen LogP contribution in [0.1, 0.15) is 32.8 Å². The van der Waals surface area contributed by atoms with Crippen LogP contribution in [0, 0.1) is 11.8 Å². The third-order valence-corrected chi connectivity index (χ3v) is 6.66. The molecular weight excluding hydrogens is 366 g/mol. The number of amides is 1. The van der Waals surface area contributed by atoms with Crippen molar-refractivity contribution in [3.8, 4) is 11.5 Å². The molecule has 1 aromatic rings. The summed E-state index contributed by atoms with van der Waals surface area (Å²) in [5.41, 5.74) is 1.27. The number of ether oxygens (including phenoxy) is 2. The van der Waals surface area contributed by atoms with Crippen molar-refractivity contribution < 1.29 is 24.1 Å². The molecule has 2 fully saturated rings. The average Bonchev–Trinajstić information content (AvgIpc) is 2.72. The zero-order valence-corrected chi connectivity index (χ0v) is 18.8. The highest BCUT2D eigenvalue weighted by Crippen LogP contribution is 2.27. The number of hydrogen-bond donors (Lipinski definition) is 2. The Morgan fingerprint density at radius 3 is 2.28 bits per heavy atom. The fourth-order valence-electron chi connectivity index (χ4n) is 5.11. The number of piperazine rings is 1. The molecule has 3 atom stereocenters. The van der Waals surface area contributed by atoms with Crippen molar-refractivity contribution in [2.75, 3.05) is 53.5 Å². The van der Waals surface area contributed by atoms with Crippen LogP contribution in [0.5, 0.6) is 11.5 Å². The number of carbonyl (C=O) groups excluding carboxylic acids is 1. The molecule has 0 saturated carbocycles. The van der Waals surface area contributed by atoms with E-state index in [1.54, 1.807) is 19.1 Å². The Balaban J connectivity index is 1.51. The lowest BCUT2D eigenvalue weighted by atomic mass is 9.91. The lowest BCUT2D eigenvalue weighted by Crippen LogP contribution is -3.29. The van der Waals surface area contributed by atoms with Gasteiger partial charge in [0.15, 0.2) is 17.5 Å². The van der Waals surface area contributed by atoms with Gasteiger partial charge in [-0.15, -0.1) is 0 Å². The van der Waals surface area contributed by atoms with Gasteiger partial charge in [-0.1, -0.05) is 13.8 Å². The average molecular weight is 406 g/mol. The predicted octanol–water partition coefficient (Wildman–Crippen LogP) is -0.120. The van der Waals surface area contributed by atoms with E-state index >= 15 is 0 Å². The number of quaternary nitrogens is 2. The number of benzene rings is 1. The smallest absolute Gasteiger partial charge is 0.280 e. The van der Waals surface area contributed by atoms with Crippen LogP contribution in [0.15, 0.2) is 18.2 Å². The Hall–Kier alpha value is -1.79. The van der Waals surface area contributed by atoms with Crippen LogP contribution < -0.4 is 19.3 Å². The lowest BCUT2D eigenvalue weighted by molar-refractivity contribution is -1.02. The first-order valence-corrected chi connectivity index (χ1v) is 11.1. The van der Waals surface area contributed by atoms with Gasteiger partial charge >= 0.3 is 0 Å². The molecule has 29 heavy (non-hydrogen) atoms. The Bertz CT molecular complexity index is 678. The van der Waals surface area contributed by atoms with Gasteiger partial charge < -0.3 is 24.2 Å². The first-order valence-electron chi connectivity index (χ1n) is 11.1. The SMILES string of the molecule is COc1ccc(C[NH+]2CC[NH+]([C@H](C)C(=O)N3C[C@H](C)C[C@@H](C)C3)CC2)cc1OC. The summed E-state index contributed by atoms with van der Waals surface area (Å²) < 4.78 is 10.8. The fraction of sp³-hybridized carbons (Fsp3) is 0.696. The molecule has 2 heterocycles. The minimum Gasteiger partial charge on any atom is -0.493 e. The summed E-state index contributed by atoms with van der Waals surface area (Å²) in [6.07, 6.45) is 1.24. The largest absolute Gasteiger partial charge is 0.493 e. The number of carbonyl (C=O) groups is 1. The first-order chi connectivity index (χ1) is 13.9. The highest BCUT2D eigenvalue weighted by atomic mass is 16.5. The molecule has 162 valence electrons. The second-order valence-electron chi connectivity index (χ2n) is 9.19. The lowest BCUT2D eigenvalue weighted by Gasteiger charge is -2.38. The summed E-state index contributed by atoms with van der Waals surface area (Å²) in [5, 5.41) is 0. The molecule has 0 bridgehead atoms. The molecule has 2 aliphatic rings. The first kappa shape index (κ1) is 21.9. The van der Waals surface area contributed by atoms with Crippen molar-refractivity contribution in [3.63, 3.8) is 0 Å². The molecule has 1 amide bonds. The maximum Gasteiger partial charge on any atom is 0.280 e. The second kappa shape index (κ2) is 9.81. The topological polar surface area (TPSA) is 47.7 Å². The van der Waals surface area contributed by atoms with Crippen molar-refractivity contribution >= 4 is 5.91 Å². The fourth-order valence-corrected chi connectivity index (χ4v) is 5.11. The monoisotopic (exact) mass is 405 g/mol. The molecule has 1 aromatic carbocycles. The zero-order chi connectivity index (χ0) is 21.0. The summed E-state index contributed by atoms with van der Waals surface area (Å²) in [4.78, 5) is 18.2. The van der Waals surface area contributed by atoms with E-state index in [1.807, 2.05) is 6.07 Å². The third-order valence-electron chi connectivity index (χ3n) is 6.66. The maximum absolute atomic E-state index is 13.1. The van der Waals surface area contributed by atoms with Crippen LogP contribution >= 0.6 is 0 Å². The van der Waals surface area contributed by atoms with Gasteiger partial charge in [-0.25, -0.2) is 0 Å². The summed E-state index contributed by atoms with van der Waals surface area (Å²) >= 11 is 0. The van der Waals surface area contributed by atoms with E-state index in [0.717, 1.165) is 57.3 Å². The van der Waals surface area contributed by atoms with Crippen LogP contribution in [0.4, 0.5) is 0 Å². The van der Waals surface area contributed by atoms with Gasteiger partial charge in [0, 0.05) is 18.7 Å². The van der Waals surface area contributed by atoms with Gasteiger partial charge in [-0.2, -0.15) is 0 Å². The van der Waals surface area contributed by atoms with E-state index in [2.05, 4.69) is 37.8 Å². The summed E-state index contributed by atoms with van der Waals surface area (Å²) in [6, 6.07) is 6.25. The number of nitrogens with one attached hydrogen (secondary N) is 2. The van der Waals surface area contributed by atoms with E-state index in [-0.39, 0.29) is 6.04 Å². The molecule has 0 radical (unpaired) electrons. The van der Waals surface area contributed by atoms with Crippen LogP contribution in [-0.4, -0.2) is 70.3 Å². The van der Waals surface area contributed by atoms with E-state index in [9.17, 15) is 4.79 Å². The molecule has 0 unspecified atom stereocenters. The normalized spacial score (nSPS) is 28.7. The standard InChI is InChI=1S/C23H37N3O3/c1-17-12-18(2)15-26(14-17)23(27)19(3)25-10-8-24(9-11-25)16-20-6-7-21(28-4)22(13-20)29-5/h6-7,13,17-19H,8-12,14-16H2,1-5H3/p+2/t17-,18-,19-/m1/s1. The Morgan fingerprint density at radius 1 is 1.07 bits per heavy atom. The highest BCUT2D eigenvalue weighted by molar-refractivity contribution is 5.80. The molecule has 2 aliphatic heterocycles. The zero-order valence-electron chi connectivity index (χ0n) is 18.8. The van der Waals surface area contributed by atoms with Crippen molar-refractivity contribution in [2.24, 2.45) is 11.8 Å². The predicted molar refractivity (Wildman–Crippen MR) is 114 cm³/mol. The molecule has 6 heteroatoms. The Morgan fingerprint density at radius 2 is 1.69 bits per heavy atom. The number of methoxy groups -OCH3 is 2. The summed E-state index contributed by atoms with van der Waals surface area (Å²) in [5.74, 6) is 3.15. The third kappa shape index (κ3) is 5.43. The van der Waals surface area contributed by atoms with Crippen LogP contribution in [-0.2, 0) is 11.3 Å². The number of hydrogen-bond acceptors (Lipinski definition) is 3. The quantitative estimate of drug-likeness (QED) is 0.694. The number of nitrogens with zero attached hydrogens (tertiary/aromatic N) is 1. The molecule has 0 aliphatic carbocycles. The Labute approximate surface area is 175 Å². The van der Waals surface area contributed by atoms with Gasteiger partial charge in [0.2, 0.25) is 0 Å². The highest BCUT2D eigenvalue weighted by Gasteiger charge is 2.35. The molecule has 0 aromatic heterocycles. The molecule has 2 saturated heterocycles. The van der Waals surface area contributed by atoms with Crippen molar-refractivity contribution in [3.05, 3.63) is 23.8 Å². The van der Waals surface area contributed by atoms with Gasteiger partial charge in [-0.05, 0) is 43.4 Å². The van der Waals surface area contributed by atoms with E-state index in [1.165, 1.54) is 16.9 Å². The van der Waals surface area contributed by atoms with Gasteiger partial charge in [-0.3, -0.25) is 4.79 Å². The minimum atomic E-state index is 0.0649. The van der Waals surface area contributed by atoms with Crippen LogP contribution in [0.3, 0.4) is 0 Å². The minimum absolute atomic E-state index is 0.0649. The molecule has 3 rings (SSSR count). The van der Waals surface area contributed by atoms with Crippen molar-refractivity contribution in [1.29, 1.82) is 0 Å². The van der Waals surface area contributed by atoms with Gasteiger partial charge in [0.05, 0.1) is 14.2 Å². The van der Waals surface area contributed by atoms with Crippen LogP contribution in [0.2, 0.25) is 0 Å². The second-order valence-corrected chi connectivity index (χ2v) is 9.19. The molecule has 0 spiro atoms. The molecule has 2 N–H and O–H groups in total. The van der Waals surface area contributed by atoms with Crippen molar-refractivity contribution in [1.82, 2.24) is 4.90 Å². The number of piperidine rings is 1. The summed E-state index contributed by atoms with van der Waals surface area (Å²) in [6.45, 7) is 13.8. The molecular formula is C23H39N3O3+2.